The first kappa shape index (κ1) is 39.8. The van der Waals surface area contributed by atoms with Crippen LogP contribution < -0.4 is 5.32 Å². The maximum atomic E-state index is 5.73. The molecule has 1 atom stereocenters. The van der Waals surface area contributed by atoms with Crippen molar-refractivity contribution < 1.29 is 0 Å². The highest BCUT2D eigenvalue weighted by Gasteiger charge is 2.43. The molecule has 0 amide bonds. The minimum absolute atomic E-state index is 0.160. The smallest absolute Gasteiger partial charge is 0.182 e. The largest absolute Gasteiger partial charge is 0.353 e. The number of pyridine rings is 1. The molecule has 11 aromatic rings. The van der Waals surface area contributed by atoms with E-state index >= 15 is 0 Å². The lowest BCUT2D eigenvalue weighted by atomic mass is 9.76. The highest BCUT2D eigenvalue weighted by Crippen LogP contribution is 2.45. The fourth-order valence-electron chi connectivity index (χ4n) is 9.63. The number of fused-ring (bicyclic) bond motifs is 2. The molecular weight excluding hydrogens is 813 g/mol. The Morgan fingerprint density at radius 1 is 0.477 bits per heavy atom. The molecule has 0 aliphatic rings. The lowest BCUT2D eigenvalue weighted by molar-refractivity contribution is 0.457. The van der Waals surface area contributed by atoms with Gasteiger partial charge >= 0.3 is 0 Å². The predicted molar refractivity (Wildman–Crippen MR) is 264 cm³/mol. The van der Waals surface area contributed by atoms with Crippen LogP contribution in [0.4, 0.5) is 5.82 Å². The summed E-state index contributed by atoms with van der Waals surface area (Å²) in [6.45, 7) is 0. The zero-order valence-corrected chi connectivity index (χ0v) is 36.3. The summed E-state index contributed by atoms with van der Waals surface area (Å²) < 4.78 is 3.23. The number of thiazole rings is 1. The van der Waals surface area contributed by atoms with Crippen LogP contribution in [0.2, 0.25) is 0 Å². The van der Waals surface area contributed by atoms with Gasteiger partial charge in [-0.15, -0.1) is 16.4 Å². The van der Waals surface area contributed by atoms with Crippen molar-refractivity contribution in [3.63, 3.8) is 0 Å². The molecule has 65 heavy (non-hydrogen) atoms. The Bertz CT molecular complexity index is 3080. The molecule has 0 radical (unpaired) electrons. The lowest BCUT2D eigenvalue weighted by Crippen LogP contribution is -2.39. The summed E-state index contributed by atoms with van der Waals surface area (Å²) in [5.41, 5.74) is 9.04. The van der Waals surface area contributed by atoms with E-state index < -0.39 is 11.1 Å². The van der Waals surface area contributed by atoms with Crippen LogP contribution in [0.25, 0.3) is 21.4 Å². The van der Waals surface area contributed by atoms with Gasteiger partial charge < -0.3 is 5.32 Å². The van der Waals surface area contributed by atoms with E-state index in [4.69, 9.17) is 20.3 Å². The van der Waals surface area contributed by atoms with Crippen molar-refractivity contribution in [2.24, 2.45) is 0 Å². The highest BCUT2D eigenvalue weighted by molar-refractivity contribution is 7.18. The third kappa shape index (κ3) is 7.16. The number of rotatable bonds is 13. The SMILES string of the molecule is c1ccc([C@@H](Cc2nc3ccccc3s2)c2cc(NC(c3ccccc3)(c3ccccc3)c3ccccc3)nc3c2nnn3C(c2ccccc2)(c2ccccc2)c2ccccc2)cc1. The quantitative estimate of drug-likeness (QED) is 0.117. The molecule has 6 nitrogen and oxygen atoms in total. The molecule has 0 bridgehead atoms. The zero-order chi connectivity index (χ0) is 43.5. The number of anilines is 1. The molecule has 3 heterocycles. The van der Waals surface area contributed by atoms with Crippen molar-refractivity contribution in [3.05, 3.63) is 292 Å². The summed E-state index contributed by atoms with van der Waals surface area (Å²) in [7, 11) is 0. The molecule has 0 aliphatic carbocycles. The fraction of sp³-hybridized carbons (Fsp3) is 0.0690. The molecule has 0 unspecified atom stereocenters. The van der Waals surface area contributed by atoms with Gasteiger partial charge in [0.2, 0.25) is 0 Å². The molecule has 11 rings (SSSR count). The van der Waals surface area contributed by atoms with Crippen molar-refractivity contribution >= 4 is 38.5 Å². The summed E-state index contributed by atoms with van der Waals surface area (Å²) in [5.74, 6) is 0.521. The second-order valence-electron chi connectivity index (χ2n) is 16.3. The Hall–Kier alpha value is -8.00. The van der Waals surface area contributed by atoms with Crippen LogP contribution in [0.3, 0.4) is 0 Å². The second kappa shape index (κ2) is 17.3. The molecule has 8 aromatic carbocycles. The third-order valence-corrected chi connectivity index (χ3v) is 13.6. The zero-order valence-electron chi connectivity index (χ0n) is 35.5. The summed E-state index contributed by atoms with van der Waals surface area (Å²) in [6, 6.07) is 85.2. The third-order valence-electron chi connectivity index (χ3n) is 12.6. The molecule has 0 aliphatic heterocycles. The van der Waals surface area contributed by atoms with Crippen LogP contribution in [0.5, 0.6) is 0 Å². The van der Waals surface area contributed by atoms with E-state index in [-0.39, 0.29) is 5.92 Å². The van der Waals surface area contributed by atoms with E-state index in [2.05, 4.69) is 253 Å². The maximum absolute atomic E-state index is 5.73. The van der Waals surface area contributed by atoms with Gasteiger partial charge in [0, 0.05) is 12.3 Å². The first-order chi connectivity index (χ1) is 32.2. The Labute approximate surface area is 382 Å². The molecule has 0 spiro atoms. The fourth-order valence-corrected chi connectivity index (χ4v) is 10.6. The van der Waals surface area contributed by atoms with Crippen molar-refractivity contribution in [2.75, 3.05) is 5.32 Å². The van der Waals surface area contributed by atoms with Crippen molar-refractivity contribution in [2.45, 2.75) is 23.4 Å². The summed E-state index contributed by atoms with van der Waals surface area (Å²) in [6.07, 6.45) is 0.650. The standard InChI is InChI=1S/C58H44N6S/c1-8-24-42(25-9-1)49(41-54-59-51-38-22-23-39-52(51)65-54)50-40-53(61-57(43-26-10-2-11-27-43,44-28-12-3-13-29-44)45-30-14-4-15-31-45)60-56-55(50)62-63-64(56)58(46-32-16-5-17-33-46,47-34-18-6-19-35-47)48-36-20-7-21-37-48/h1-40,49H,41H2,(H,60,61)/t49-/m1/s1. The predicted octanol–water partition coefficient (Wildman–Crippen LogP) is 13.1. The topological polar surface area (TPSA) is 68.5 Å². The first-order valence-corrected chi connectivity index (χ1v) is 22.8. The highest BCUT2D eigenvalue weighted by atomic mass is 32.1. The van der Waals surface area contributed by atoms with Gasteiger partial charge in [-0.3, -0.25) is 0 Å². The van der Waals surface area contributed by atoms with Crippen LogP contribution in [0, 0.1) is 0 Å². The number of nitrogens with one attached hydrogen (secondary N) is 1. The summed E-state index contributed by atoms with van der Waals surface area (Å²) >= 11 is 1.74. The molecule has 7 heteroatoms. The van der Waals surface area contributed by atoms with Gasteiger partial charge in [0.1, 0.15) is 22.4 Å². The van der Waals surface area contributed by atoms with Gasteiger partial charge in [-0.2, -0.15) is 0 Å². The van der Waals surface area contributed by atoms with Gasteiger partial charge in [-0.05, 0) is 62.7 Å². The molecule has 1 N–H and O–H groups in total. The molecule has 0 saturated carbocycles. The van der Waals surface area contributed by atoms with Gasteiger partial charge in [-0.25, -0.2) is 14.6 Å². The minimum atomic E-state index is -0.966. The summed E-state index contributed by atoms with van der Waals surface area (Å²) in [5, 5.41) is 15.7. The Morgan fingerprint density at radius 2 is 0.908 bits per heavy atom. The molecule has 0 saturated heterocycles. The van der Waals surface area contributed by atoms with Crippen molar-refractivity contribution in [3.8, 4) is 0 Å². The lowest BCUT2D eigenvalue weighted by Gasteiger charge is -2.38. The second-order valence-corrected chi connectivity index (χ2v) is 17.4. The van der Waals surface area contributed by atoms with E-state index in [1.807, 2.05) is 0 Å². The van der Waals surface area contributed by atoms with E-state index in [0.717, 1.165) is 60.5 Å². The molecule has 0 fully saturated rings. The van der Waals surface area contributed by atoms with Gasteiger partial charge in [0.15, 0.2) is 5.65 Å². The van der Waals surface area contributed by atoms with E-state index in [1.165, 1.54) is 4.70 Å². The number of hydrogen-bond donors (Lipinski definition) is 1. The van der Waals surface area contributed by atoms with Crippen LogP contribution in [0.1, 0.15) is 55.4 Å². The van der Waals surface area contributed by atoms with Crippen LogP contribution >= 0.6 is 11.3 Å². The minimum Gasteiger partial charge on any atom is -0.353 e. The van der Waals surface area contributed by atoms with E-state index in [9.17, 15) is 0 Å². The number of hydrogen-bond acceptors (Lipinski definition) is 6. The molecule has 3 aromatic heterocycles. The Kier molecular flexibility index (Phi) is 10.6. The van der Waals surface area contributed by atoms with Crippen molar-refractivity contribution in [1.29, 1.82) is 0 Å². The van der Waals surface area contributed by atoms with Crippen molar-refractivity contribution in [1.82, 2.24) is 25.0 Å². The van der Waals surface area contributed by atoms with Gasteiger partial charge in [-0.1, -0.05) is 230 Å². The average Bonchev–Trinajstić information content (AvgIpc) is 4.01. The van der Waals surface area contributed by atoms with Crippen LogP contribution in [-0.2, 0) is 17.5 Å². The van der Waals surface area contributed by atoms with Gasteiger partial charge in [0.25, 0.3) is 0 Å². The Morgan fingerprint density at radius 3 is 1.38 bits per heavy atom. The van der Waals surface area contributed by atoms with E-state index in [1.54, 1.807) is 11.3 Å². The summed E-state index contributed by atoms with van der Waals surface area (Å²) in [4.78, 5) is 10.9. The van der Waals surface area contributed by atoms with Crippen LogP contribution in [-0.4, -0.2) is 25.0 Å². The van der Waals surface area contributed by atoms with Gasteiger partial charge in [0.05, 0.1) is 15.2 Å². The number of nitrogens with zero attached hydrogens (tertiary/aromatic N) is 5. The van der Waals surface area contributed by atoms with E-state index in [0.29, 0.717) is 17.9 Å². The van der Waals surface area contributed by atoms with Crippen LogP contribution in [0.15, 0.2) is 243 Å². The average molecular weight is 857 g/mol. The molecule has 312 valence electrons. The Balaban J connectivity index is 1.24. The number of aromatic nitrogens is 5. The maximum Gasteiger partial charge on any atom is 0.182 e. The number of benzene rings is 8. The molecular formula is C58H44N6S. The normalized spacial score (nSPS) is 12.3. The first-order valence-electron chi connectivity index (χ1n) is 22.0. The monoisotopic (exact) mass is 856 g/mol. The number of para-hydroxylation sites is 1.